The summed E-state index contributed by atoms with van der Waals surface area (Å²) in [7, 11) is 0. The van der Waals surface area contributed by atoms with Gasteiger partial charge < -0.3 is 10.1 Å². The summed E-state index contributed by atoms with van der Waals surface area (Å²) in [6, 6.07) is 8.60. The van der Waals surface area contributed by atoms with Gasteiger partial charge in [-0.15, -0.1) is 0 Å². The molecule has 1 N–H and O–H groups in total. The maximum Gasteiger partial charge on any atom is 0.119 e. The van der Waals surface area contributed by atoms with Crippen molar-refractivity contribution in [1.29, 1.82) is 0 Å². The minimum atomic E-state index is 0.496. The van der Waals surface area contributed by atoms with Crippen molar-refractivity contribution in [1.82, 2.24) is 5.32 Å². The van der Waals surface area contributed by atoms with E-state index >= 15 is 0 Å². The zero-order valence-corrected chi connectivity index (χ0v) is 11.6. The molecule has 0 atom stereocenters. The highest BCUT2D eigenvalue weighted by Gasteiger charge is 2.23. The molecule has 0 aliphatic heterocycles. The van der Waals surface area contributed by atoms with Crippen LogP contribution in [0.15, 0.2) is 24.3 Å². The third-order valence-corrected chi connectivity index (χ3v) is 3.12. The predicted octanol–water partition coefficient (Wildman–Crippen LogP) is 3.41. The number of ether oxygens (including phenoxy) is 1. The smallest absolute Gasteiger partial charge is 0.119 e. The van der Waals surface area contributed by atoms with E-state index in [1.54, 1.807) is 0 Å². The Morgan fingerprint density at radius 3 is 2.56 bits per heavy atom. The highest BCUT2D eigenvalue weighted by molar-refractivity contribution is 5.27. The first-order chi connectivity index (χ1) is 8.74. The van der Waals surface area contributed by atoms with Crippen molar-refractivity contribution < 1.29 is 4.74 Å². The van der Waals surface area contributed by atoms with Crippen LogP contribution in [0.25, 0.3) is 0 Å². The van der Waals surface area contributed by atoms with Gasteiger partial charge in [-0.3, -0.25) is 0 Å². The van der Waals surface area contributed by atoms with E-state index in [0.717, 1.165) is 31.2 Å². The highest BCUT2D eigenvalue weighted by atomic mass is 16.5. The van der Waals surface area contributed by atoms with Gasteiger partial charge in [0.05, 0.1) is 6.10 Å². The van der Waals surface area contributed by atoms with Crippen LogP contribution in [0.2, 0.25) is 0 Å². The van der Waals surface area contributed by atoms with Crippen molar-refractivity contribution in [2.75, 3.05) is 13.1 Å². The lowest BCUT2D eigenvalue weighted by molar-refractivity contribution is 0.303. The molecule has 1 saturated carbocycles. The van der Waals surface area contributed by atoms with Crippen LogP contribution in [0.4, 0.5) is 0 Å². The number of aryl methyl sites for hydroxylation is 1. The van der Waals surface area contributed by atoms with Gasteiger partial charge in [-0.2, -0.15) is 0 Å². The summed E-state index contributed by atoms with van der Waals surface area (Å²) < 4.78 is 5.74. The normalized spacial score (nSPS) is 15.1. The minimum absolute atomic E-state index is 0.496. The molecule has 18 heavy (non-hydrogen) atoms. The number of rotatable bonds is 8. The molecule has 0 unspecified atom stereocenters. The molecule has 0 saturated heterocycles. The van der Waals surface area contributed by atoms with Gasteiger partial charge in [0.25, 0.3) is 0 Å². The summed E-state index contributed by atoms with van der Waals surface area (Å²) >= 11 is 0. The van der Waals surface area contributed by atoms with Gasteiger partial charge in [0.2, 0.25) is 0 Å². The first kappa shape index (κ1) is 13.4. The molecule has 0 radical (unpaired) electrons. The second-order valence-electron chi connectivity index (χ2n) is 5.66. The molecule has 1 aromatic carbocycles. The Morgan fingerprint density at radius 1 is 1.22 bits per heavy atom. The second kappa shape index (κ2) is 6.79. The third-order valence-electron chi connectivity index (χ3n) is 3.12. The molecule has 2 nitrogen and oxygen atoms in total. The molecule has 0 bridgehead atoms. The lowest BCUT2D eigenvalue weighted by Crippen LogP contribution is -2.21. The summed E-state index contributed by atoms with van der Waals surface area (Å²) in [4.78, 5) is 0. The van der Waals surface area contributed by atoms with Crippen LogP contribution in [-0.2, 0) is 6.42 Å². The van der Waals surface area contributed by atoms with Gasteiger partial charge in [-0.05, 0) is 62.4 Å². The van der Waals surface area contributed by atoms with Crippen molar-refractivity contribution in [3.8, 4) is 5.75 Å². The van der Waals surface area contributed by atoms with Gasteiger partial charge in [0.15, 0.2) is 0 Å². The van der Waals surface area contributed by atoms with Crippen LogP contribution < -0.4 is 10.1 Å². The minimum Gasteiger partial charge on any atom is -0.490 e. The summed E-state index contributed by atoms with van der Waals surface area (Å²) in [5.74, 6) is 1.77. The summed E-state index contributed by atoms with van der Waals surface area (Å²) in [6.45, 7) is 6.71. The summed E-state index contributed by atoms with van der Waals surface area (Å²) in [6.07, 6.45) is 5.30. The van der Waals surface area contributed by atoms with Gasteiger partial charge in [0, 0.05) is 0 Å². The first-order valence-electron chi connectivity index (χ1n) is 7.20. The molecule has 1 aliphatic carbocycles. The van der Waals surface area contributed by atoms with Crippen molar-refractivity contribution >= 4 is 0 Å². The van der Waals surface area contributed by atoms with Gasteiger partial charge >= 0.3 is 0 Å². The fourth-order valence-corrected chi connectivity index (χ4v) is 1.92. The SMILES string of the molecule is CC(C)CNCCCc1ccc(OC2CC2)cc1. The predicted molar refractivity (Wildman–Crippen MR) is 76.1 cm³/mol. The van der Waals surface area contributed by atoms with Crippen molar-refractivity contribution in [2.24, 2.45) is 5.92 Å². The topological polar surface area (TPSA) is 21.3 Å². The van der Waals surface area contributed by atoms with E-state index in [1.165, 1.54) is 24.8 Å². The molecule has 100 valence electrons. The average molecular weight is 247 g/mol. The van der Waals surface area contributed by atoms with E-state index in [-0.39, 0.29) is 0 Å². The molecule has 2 rings (SSSR count). The van der Waals surface area contributed by atoms with Crippen LogP contribution in [0.3, 0.4) is 0 Å². The lowest BCUT2D eigenvalue weighted by atomic mass is 10.1. The Hall–Kier alpha value is -1.02. The van der Waals surface area contributed by atoms with Crippen molar-refractivity contribution in [3.05, 3.63) is 29.8 Å². The van der Waals surface area contributed by atoms with Gasteiger partial charge in [-0.25, -0.2) is 0 Å². The molecule has 0 aromatic heterocycles. The van der Waals surface area contributed by atoms with E-state index in [9.17, 15) is 0 Å². The fraction of sp³-hybridized carbons (Fsp3) is 0.625. The lowest BCUT2D eigenvalue weighted by Gasteiger charge is -2.08. The summed E-state index contributed by atoms with van der Waals surface area (Å²) in [5, 5.41) is 3.48. The fourth-order valence-electron chi connectivity index (χ4n) is 1.92. The van der Waals surface area contributed by atoms with Crippen molar-refractivity contribution in [2.45, 2.75) is 45.6 Å². The van der Waals surface area contributed by atoms with Crippen LogP contribution in [0.5, 0.6) is 5.75 Å². The Bertz CT molecular complexity index is 341. The third kappa shape index (κ3) is 5.09. The summed E-state index contributed by atoms with van der Waals surface area (Å²) in [5.41, 5.74) is 1.41. The number of hydrogen-bond acceptors (Lipinski definition) is 2. The molecule has 0 amide bonds. The largest absolute Gasteiger partial charge is 0.490 e. The Balaban J connectivity index is 1.63. The van der Waals surface area contributed by atoms with Gasteiger partial charge in [-0.1, -0.05) is 26.0 Å². The molecule has 1 fully saturated rings. The van der Waals surface area contributed by atoms with Crippen LogP contribution in [0, 0.1) is 5.92 Å². The van der Waals surface area contributed by atoms with E-state index in [1.807, 2.05) is 0 Å². The Kier molecular flexibility index (Phi) is 5.06. The molecule has 1 aliphatic rings. The standard InChI is InChI=1S/C16H25NO/c1-13(2)12-17-11-3-4-14-5-7-15(8-6-14)18-16-9-10-16/h5-8,13,16-17H,3-4,9-12H2,1-2H3. The van der Waals surface area contributed by atoms with Crippen molar-refractivity contribution in [3.63, 3.8) is 0 Å². The van der Waals surface area contributed by atoms with Gasteiger partial charge in [0.1, 0.15) is 5.75 Å². The zero-order valence-electron chi connectivity index (χ0n) is 11.6. The van der Waals surface area contributed by atoms with E-state index in [2.05, 4.69) is 43.4 Å². The first-order valence-corrected chi connectivity index (χ1v) is 7.20. The number of benzene rings is 1. The molecular weight excluding hydrogens is 222 g/mol. The molecule has 0 spiro atoms. The molecular formula is C16H25NO. The quantitative estimate of drug-likeness (QED) is 0.711. The Morgan fingerprint density at radius 2 is 1.94 bits per heavy atom. The van der Waals surface area contributed by atoms with Crippen LogP contribution in [-0.4, -0.2) is 19.2 Å². The van der Waals surface area contributed by atoms with E-state index in [4.69, 9.17) is 4.74 Å². The average Bonchev–Trinajstić information content (AvgIpc) is 3.14. The number of nitrogens with one attached hydrogen (secondary N) is 1. The Labute approximate surface area is 111 Å². The molecule has 2 heteroatoms. The van der Waals surface area contributed by atoms with Crippen LogP contribution in [0.1, 0.15) is 38.7 Å². The van der Waals surface area contributed by atoms with Crippen LogP contribution >= 0.6 is 0 Å². The molecule has 1 aromatic rings. The number of hydrogen-bond donors (Lipinski definition) is 1. The highest BCUT2D eigenvalue weighted by Crippen LogP contribution is 2.26. The monoisotopic (exact) mass is 247 g/mol. The van der Waals surface area contributed by atoms with E-state index < -0.39 is 0 Å². The maximum atomic E-state index is 5.74. The maximum absolute atomic E-state index is 5.74. The molecule has 0 heterocycles. The second-order valence-corrected chi connectivity index (χ2v) is 5.66. The zero-order chi connectivity index (χ0) is 12.8. The van der Waals surface area contributed by atoms with E-state index in [0.29, 0.717) is 6.10 Å².